The lowest BCUT2D eigenvalue weighted by Gasteiger charge is -2.24. The Hall–Kier alpha value is -2.08. The Labute approximate surface area is 129 Å². The lowest BCUT2D eigenvalue weighted by Crippen LogP contribution is -2.39. The molecule has 1 N–H and O–H groups in total. The van der Waals surface area contributed by atoms with Crippen molar-refractivity contribution in [2.24, 2.45) is 0 Å². The summed E-state index contributed by atoms with van der Waals surface area (Å²) < 4.78 is 10.8. The predicted octanol–water partition coefficient (Wildman–Crippen LogP) is 2.28. The van der Waals surface area contributed by atoms with E-state index in [9.17, 15) is 9.59 Å². The van der Waals surface area contributed by atoms with Crippen molar-refractivity contribution in [2.45, 2.75) is 32.0 Å². The molecule has 0 aliphatic carbocycles. The summed E-state index contributed by atoms with van der Waals surface area (Å²) in [5.41, 5.74) is 0.895. The molecule has 1 heterocycles. The second-order valence-electron chi connectivity index (χ2n) is 5.26. The Balaban J connectivity index is 1.87. The molecule has 1 amide bonds. The average molecular weight is 307 g/mol. The maximum Gasteiger partial charge on any atom is 0.410 e. The zero-order chi connectivity index (χ0) is 15.8. The van der Waals surface area contributed by atoms with E-state index >= 15 is 0 Å². The molecule has 120 valence electrons. The molecule has 0 bridgehead atoms. The van der Waals surface area contributed by atoms with Crippen LogP contribution in [0.4, 0.5) is 4.79 Å². The second kappa shape index (κ2) is 8.38. The monoisotopic (exact) mass is 307 g/mol. The third kappa shape index (κ3) is 5.37. The quantitative estimate of drug-likeness (QED) is 0.836. The van der Waals surface area contributed by atoms with Crippen LogP contribution in [0.2, 0.25) is 0 Å². The van der Waals surface area contributed by atoms with Crippen LogP contribution in [0.25, 0.3) is 0 Å². The Bertz CT molecular complexity index is 485. The van der Waals surface area contributed by atoms with Crippen molar-refractivity contribution in [1.29, 1.82) is 0 Å². The number of benzene rings is 1. The smallest absolute Gasteiger partial charge is 0.410 e. The van der Waals surface area contributed by atoms with Crippen molar-refractivity contribution in [3.8, 4) is 0 Å². The molecule has 6 heteroatoms. The van der Waals surface area contributed by atoms with Gasteiger partial charge < -0.3 is 19.5 Å². The maximum atomic E-state index is 12.2. The van der Waals surface area contributed by atoms with Gasteiger partial charge in [-0.1, -0.05) is 30.3 Å². The Morgan fingerprint density at radius 2 is 2.09 bits per heavy atom. The van der Waals surface area contributed by atoms with Crippen molar-refractivity contribution >= 4 is 12.1 Å². The van der Waals surface area contributed by atoms with E-state index in [2.05, 4.69) is 0 Å². The molecule has 0 aromatic heterocycles. The SMILES string of the molecule is O=C(O)CCN(CC1CCCO1)C(=O)OCc1ccccc1. The number of carboxylic acid groups (broad SMARTS) is 1. The van der Waals surface area contributed by atoms with Crippen LogP contribution in [0.5, 0.6) is 0 Å². The third-order valence-electron chi connectivity index (χ3n) is 3.51. The topological polar surface area (TPSA) is 76.1 Å². The van der Waals surface area contributed by atoms with Gasteiger partial charge in [0, 0.05) is 13.2 Å². The molecule has 0 radical (unpaired) electrons. The van der Waals surface area contributed by atoms with Crippen molar-refractivity contribution in [3.63, 3.8) is 0 Å². The molecular formula is C16H21NO5. The fourth-order valence-corrected chi connectivity index (χ4v) is 2.33. The number of amides is 1. The van der Waals surface area contributed by atoms with Gasteiger partial charge in [0.05, 0.1) is 19.1 Å². The lowest BCUT2D eigenvalue weighted by atomic mass is 10.2. The molecular weight excluding hydrogens is 286 g/mol. The van der Waals surface area contributed by atoms with Crippen molar-refractivity contribution < 1.29 is 24.2 Å². The number of hydrogen-bond acceptors (Lipinski definition) is 4. The zero-order valence-corrected chi connectivity index (χ0v) is 12.4. The summed E-state index contributed by atoms with van der Waals surface area (Å²) in [6.07, 6.45) is 1.22. The molecule has 1 aliphatic rings. The lowest BCUT2D eigenvalue weighted by molar-refractivity contribution is -0.137. The maximum absolute atomic E-state index is 12.2. The fraction of sp³-hybridized carbons (Fsp3) is 0.500. The average Bonchev–Trinajstić information content (AvgIpc) is 3.03. The van der Waals surface area contributed by atoms with Gasteiger partial charge in [0.2, 0.25) is 0 Å². The molecule has 1 aliphatic heterocycles. The first-order valence-corrected chi connectivity index (χ1v) is 7.44. The van der Waals surface area contributed by atoms with E-state index in [1.807, 2.05) is 30.3 Å². The van der Waals surface area contributed by atoms with E-state index in [1.54, 1.807) is 0 Å². The van der Waals surface area contributed by atoms with Gasteiger partial charge in [0.15, 0.2) is 0 Å². The summed E-state index contributed by atoms with van der Waals surface area (Å²) in [7, 11) is 0. The molecule has 6 nitrogen and oxygen atoms in total. The predicted molar refractivity (Wildman–Crippen MR) is 79.4 cm³/mol. The Kier molecular flexibility index (Phi) is 6.21. The first kappa shape index (κ1) is 16.3. The minimum absolute atomic E-state index is 0.0296. The van der Waals surface area contributed by atoms with E-state index < -0.39 is 12.1 Å². The fourth-order valence-electron chi connectivity index (χ4n) is 2.33. The van der Waals surface area contributed by atoms with Crippen molar-refractivity contribution in [1.82, 2.24) is 4.90 Å². The summed E-state index contributed by atoms with van der Waals surface area (Å²) in [6, 6.07) is 9.38. The molecule has 1 aromatic carbocycles. The number of hydrogen-bond donors (Lipinski definition) is 1. The molecule has 1 fully saturated rings. The highest BCUT2D eigenvalue weighted by atomic mass is 16.6. The van der Waals surface area contributed by atoms with Crippen LogP contribution >= 0.6 is 0 Å². The van der Waals surface area contributed by atoms with E-state index in [4.69, 9.17) is 14.6 Å². The summed E-state index contributed by atoms with van der Waals surface area (Å²) in [5, 5.41) is 8.80. The van der Waals surface area contributed by atoms with E-state index in [0.717, 1.165) is 18.4 Å². The van der Waals surface area contributed by atoms with Crippen LogP contribution in [-0.2, 0) is 20.9 Å². The van der Waals surface area contributed by atoms with Crippen LogP contribution in [0.3, 0.4) is 0 Å². The van der Waals surface area contributed by atoms with Crippen LogP contribution in [0.15, 0.2) is 30.3 Å². The number of aliphatic carboxylic acids is 1. The van der Waals surface area contributed by atoms with Gasteiger partial charge in [-0.3, -0.25) is 4.79 Å². The minimum atomic E-state index is -0.937. The number of carbonyl (C=O) groups is 2. The van der Waals surface area contributed by atoms with Gasteiger partial charge >= 0.3 is 12.1 Å². The number of carboxylic acids is 1. The largest absolute Gasteiger partial charge is 0.481 e. The van der Waals surface area contributed by atoms with E-state index in [1.165, 1.54) is 4.90 Å². The molecule has 0 saturated carbocycles. The van der Waals surface area contributed by atoms with Crippen LogP contribution < -0.4 is 0 Å². The van der Waals surface area contributed by atoms with Crippen LogP contribution in [0.1, 0.15) is 24.8 Å². The van der Waals surface area contributed by atoms with Gasteiger partial charge in [-0.05, 0) is 18.4 Å². The second-order valence-corrected chi connectivity index (χ2v) is 5.26. The van der Waals surface area contributed by atoms with Crippen LogP contribution in [0, 0.1) is 0 Å². The summed E-state index contributed by atoms with van der Waals surface area (Å²) in [5.74, 6) is -0.937. The molecule has 1 saturated heterocycles. The van der Waals surface area contributed by atoms with Crippen LogP contribution in [-0.4, -0.2) is 47.9 Å². The molecule has 1 unspecified atom stereocenters. The van der Waals surface area contributed by atoms with Gasteiger partial charge in [-0.25, -0.2) is 4.79 Å². The highest BCUT2D eigenvalue weighted by molar-refractivity contribution is 5.70. The number of rotatable bonds is 7. The number of ether oxygens (including phenoxy) is 2. The molecule has 22 heavy (non-hydrogen) atoms. The first-order valence-electron chi connectivity index (χ1n) is 7.44. The van der Waals surface area contributed by atoms with Crippen molar-refractivity contribution in [2.75, 3.05) is 19.7 Å². The van der Waals surface area contributed by atoms with Gasteiger partial charge in [-0.2, -0.15) is 0 Å². The molecule has 1 aromatic rings. The number of carbonyl (C=O) groups excluding carboxylic acids is 1. The van der Waals surface area contributed by atoms with Gasteiger partial charge in [0.1, 0.15) is 6.61 Å². The Morgan fingerprint density at radius 3 is 2.73 bits per heavy atom. The van der Waals surface area contributed by atoms with E-state index in [0.29, 0.717) is 13.2 Å². The number of nitrogens with zero attached hydrogens (tertiary/aromatic N) is 1. The van der Waals surface area contributed by atoms with Crippen molar-refractivity contribution in [3.05, 3.63) is 35.9 Å². The highest BCUT2D eigenvalue weighted by Gasteiger charge is 2.24. The molecule has 1 atom stereocenters. The zero-order valence-electron chi connectivity index (χ0n) is 12.4. The van der Waals surface area contributed by atoms with Gasteiger partial charge in [-0.15, -0.1) is 0 Å². The summed E-state index contributed by atoms with van der Waals surface area (Å²) in [4.78, 5) is 24.3. The summed E-state index contributed by atoms with van der Waals surface area (Å²) in [6.45, 7) is 1.37. The standard InChI is InChI=1S/C16H21NO5/c18-15(19)8-9-17(11-14-7-4-10-21-14)16(20)22-12-13-5-2-1-3-6-13/h1-3,5-6,14H,4,7-12H2,(H,18,19). The molecule has 2 rings (SSSR count). The highest BCUT2D eigenvalue weighted by Crippen LogP contribution is 2.14. The first-order chi connectivity index (χ1) is 10.6. The normalized spacial score (nSPS) is 17.2. The third-order valence-corrected chi connectivity index (χ3v) is 3.51. The van der Waals surface area contributed by atoms with Gasteiger partial charge in [0.25, 0.3) is 0 Å². The summed E-state index contributed by atoms with van der Waals surface area (Å²) >= 11 is 0. The Morgan fingerprint density at radius 1 is 1.32 bits per heavy atom. The minimum Gasteiger partial charge on any atom is -0.481 e. The molecule has 0 spiro atoms. The van der Waals surface area contributed by atoms with E-state index in [-0.39, 0.29) is 25.7 Å².